The van der Waals surface area contributed by atoms with Crippen molar-refractivity contribution < 1.29 is 9.53 Å². The summed E-state index contributed by atoms with van der Waals surface area (Å²) < 4.78 is 5.67. The predicted molar refractivity (Wildman–Crippen MR) is 89.3 cm³/mol. The fourth-order valence-electron chi connectivity index (χ4n) is 2.26. The maximum atomic E-state index is 12.3. The Hall–Kier alpha value is -2.49. The first kappa shape index (κ1) is 15.9. The lowest BCUT2D eigenvalue weighted by molar-refractivity contribution is 0.229. The number of hydrogen-bond acceptors (Lipinski definition) is 2. The van der Waals surface area contributed by atoms with Gasteiger partial charge in [0.15, 0.2) is 6.73 Å². The highest BCUT2D eigenvalue weighted by Gasteiger charge is 2.13. The lowest BCUT2D eigenvalue weighted by Crippen LogP contribution is -2.41. The molecule has 0 bridgehead atoms. The van der Waals surface area contributed by atoms with Crippen LogP contribution >= 0.6 is 0 Å². The van der Waals surface area contributed by atoms with E-state index in [1.165, 1.54) is 0 Å². The normalized spacial score (nSPS) is 10.1. The Morgan fingerprint density at radius 1 is 1.05 bits per heavy atom. The van der Waals surface area contributed by atoms with Crippen molar-refractivity contribution in [1.82, 2.24) is 5.32 Å². The van der Waals surface area contributed by atoms with Gasteiger partial charge in [0.25, 0.3) is 0 Å². The third-order valence-electron chi connectivity index (χ3n) is 3.43. The van der Waals surface area contributed by atoms with E-state index >= 15 is 0 Å². The molecule has 1 N–H and O–H groups in total. The van der Waals surface area contributed by atoms with E-state index in [0.717, 1.165) is 23.4 Å². The average molecular weight is 298 g/mol. The smallest absolute Gasteiger partial charge is 0.324 e. The number of urea groups is 1. The fraction of sp³-hybridized carbons (Fsp3) is 0.278. The molecule has 0 fully saturated rings. The SMILES string of the molecule is CCc1ccccc1OCNC(=O)N(CC)c1ccccc1. The van der Waals surface area contributed by atoms with Gasteiger partial charge in [0.05, 0.1) is 0 Å². The van der Waals surface area contributed by atoms with Crippen LogP contribution in [0.5, 0.6) is 5.75 Å². The summed E-state index contributed by atoms with van der Waals surface area (Å²) >= 11 is 0. The molecule has 2 aromatic carbocycles. The number of carbonyl (C=O) groups excluding carboxylic acids is 1. The number of hydrogen-bond donors (Lipinski definition) is 1. The number of aryl methyl sites for hydroxylation is 1. The predicted octanol–water partition coefficient (Wildman–Crippen LogP) is 3.82. The largest absolute Gasteiger partial charge is 0.473 e. The molecule has 2 aromatic rings. The van der Waals surface area contributed by atoms with Crippen LogP contribution in [-0.4, -0.2) is 19.3 Å². The van der Waals surface area contributed by atoms with Gasteiger partial charge in [-0.3, -0.25) is 4.90 Å². The first-order valence-corrected chi connectivity index (χ1v) is 7.57. The first-order valence-electron chi connectivity index (χ1n) is 7.57. The van der Waals surface area contributed by atoms with Gasteiger partial charge < -0.3 is 10.1 Å². The lowest BCUT2D eigenvalue weighted by atomic mass is 10.1. The molecule has 0 aliphatic heterocycles. The summed E-state index contributed by atoms with van der Waals surface area (Å²) in [4.78, 5) is 13.9. The molecule has 22 heavy (non-hydrogen) atoms. The van der Waals surface area contributed by atoms with Crippen LogP contribution in [0.25, 0.3) is 0 Å². The van der Waals surface area contributed by atoms with Crippen molar-refractivity contribution in [1.29, 1.82) is 0 Å². The van der Waals surface area contributed by atoms with Crippen LogP contribution < -0.4 is 15.0 Å². The molecule has 0 aliphatic rings. The minimum absolute atomic E-state index is 0.152. The molecule has 0 aliphatic carbocycles. The van der Waals surface area contributed by atoms with Crippen LogP contribution in [0.1, 0.15) is 19.4 Å². The van der Waals surface area contributed by atoms with Crippen LogP contribution in [-0.2, 0) is 6.42 Å². The highest BCUT2D eigenvalue weighted by Crippen LogP contribution is 2.18. The van der Waals surface area contributed by atoms with Crippen LogP contribution in [0.15, 0.2) is 54.6 Å². The molecular formula is C18H22N2O2. The van der Waals surface area contributed by atoms with Crippen LogP contribution in [0.2, 0.25) is 0 Å². The molecule has 0 aromatic heterocycles. The standard InChI is InChI=1S/C18H22N2O2/c1-3-15-10-8-9-13-17(15)22-14-19-18(21)20(4-2)16-11-6-5-7-12-16/h5-13H,3-4,14H2,1-2H3,(H,19,21). The molecule has 0 heterocycles. The van der Waals surface area contributed by atoms with E-state index < -0.39 is 0 Å². The van der Waals surface area contributed by atoms with Gasteiger partial charge in [-0.05, 0) is 37.1 Å². The monoisotopic (exact) mass is 298 g/mol. The zero-order valence-electron chi connectivity index (χ0n) is 13.1. The Kier molecular flexibility index (Phi) is 5.83. The van der Waals surface area contributed by atoms with E-state index in [-0.39, 0.29) is 12.8 Å². The number of ether oxygens (including phenoxy) is 1. The van der Waals surface area contributed by atoms with Crippen molar-refractivity contribution in [2.45, 2.75) is 20.3 Å². The van der Waals surface area contributed by atoms with Crippen molar-refractivity contribution in [3.63, 3.8) is 0 Å². The van der Waals surface area contributed by atoms with Crippen molar-refractivity contribution in [3.8, 4) is 5.75 Å². The van der Waals surface area contributed by atoms with Gasteiger partial charge >= 0.3 is 6.03 Å². The molecule has 4 nitrogen and oxygen atoms in total. The number of para-hydroxylation sites is 2. The van der Waals surface area contributed by atoms with E-state index in [4.69, 9.17) is 4.74 Å². The Bertz CT molecular complexity index is 599. The number of rotatable bonds is 6. The zero-order valence-corrected chi connectivity index (χ0v) is 13.1. The highest BCUT2D eigenvalue weighted by molar-refractivity contribution is 5.91. The fourth-order valence-corrected chi connectivity index (χ4v) is 2.26. The van der Waals surface area contributed by atoms with Gasteiger partial charge in [-0.15, -0.1) is 0 Å². The molecule has 0 radical (unpaired) electrons. The van der Waals surface area contributed by atoms with Crippen molar-refractivity contribution >= 4 is 11.7 Å². The maximum absolute atomic E-state index is 12.3. The Balaban J connectivity index is 1.92. The second kappa shape index (κ2) is 8.08. The lowest BCUT2D eigenvalue weighted by Gasteiger charge is -2.21. The van der Waals surface area contributed by atoms with Crippen LogP contribution in [0.3, 0.4) is 0 Å². The number of benzene rings is 2. The Morgan fingerprint density at radius 3 is 2.41 bits per heavy atom. The van der Waals surface area contributed by atoms with Crippen molar-refractivity contribution in [3.05, 3.63) is 60.2 Å². The molecule has 0 saturated carbocycles. The molecule has 2 rings (SSSR count). The van der Waals surface area contributed by atoms with E-state index in [1.54, 1.807) is 4.90 Å². The van der Waals surface area contributed by atoms with Gasteiger partial charge in [0, 0.05) is 12.2 Å². The molecule has 0 spiro atoms. The molecular weight excluding hydrogens is 276 g/mol. The first-order chi connectivity index (χ1) is 10.8. The number of anilines is 1. The second-order valence-electron chi connectivity index (χ2n) is 4.81. The number of carbonyl (C=O) groups is 1. The van der Waals surface area contributed by atoms with Gasteiger partial charge in [-0.2, -0.15) is 0 Å². The van der Waals surface area contributed by atoms with Gasteiger partial charge in [-0.1, -0.05) is 43.3 Å². The molecule has 116 valence electrons. The van der Waals surface area contributed by atoms with Crippen molar-refractivity contribution in [2.75, 3.05) is 18.2 Å². The van der Waals surface area contributed by atoms with Gasteiger partial charge in [0.1, 0.15) is 5.75 Å². The number of nitrogens with zero attached hydrogens (tertiary/aromatic N) is 1. The quantitative estimate of drug-likeness (QED) is 0.824. The summed E-state index contributed by atoms with van der Waals surface area (Å²) in [6.45, 7) is 4.77. The topological polar surface area (TPSA) is 41.6 Å². The van der Waals surface area contributed by atoms with Crippen molar-refractivity contribution in [2.24, 2.45) is 0 Å². The van der Waals surface area contributed by atoms with E-state index in [0.29, 0.717) is 6.54 Å². The third-order valence-corrected chi connectivity index (χ3v) is 3.43. The average Bonchev–Trinajstić information content (AvgIpc) is 2.57. The Morgan fingerprint density at radius 2 is 1.73 bits per heavy atom. The minimum atomic E-state index is -0.164. The third kappa shape index (κ3) is 4.01. The molecule has 4 heteroatoms. The number of nitrogens with one attached hydrogen (secondary N) is 1. The van der Waals surface area contributed by atoms with E-state index in [9.17, 15) is 4.79 Å². The zero-order chi connectivity index (χ0) is 15.8. The summed E-state index contributed by atoms with van der Waals surface area (Å²) in [5, 5.41) is 2.80. The maximum Gasteiger partial charge on any atom is 0.324 e. The molecule has 0 unspecified atom stereocenters. The van der Waals surface area contributed by atoms with Crippen LogP contribution in [0.4, 0.5) is 10.5 Å². The molecule has 0 saturated heterocycles. The summed E-state index contributed by atoms with van der Waals surface area (Å²) in [7, 11) is 0. The number of amides is 2. The minimum Gasteiger partial charge on any atom is -0.473 e. The Labute approximate surface area is 131 Å². The van der Waals surface area contributed by atoms with E-state index in [1.807, 2.05) is 61.5 Å². The van der Waals surface area contributed by atoms with Gasteiger partial charge in [-0.25, -0.2) is 4.79 Å². The summed E-state index contributed by atoms with van der Waals surface area (Å²) in [6, 6.07) is 17.3. The highest BCUT2D eigenvalue weighted by atomic mass is 16.5. The van der Waals surface area contributed by atoms with Gasteiger partial charge in [0.2, 0.25) is 0 Å². The molecule has 2 amide bonds. The van der Waals surface area contributed by atoms with Crippen LogP contribution in [0, 0.1) is 0 Å². The summed E-state index contributed by atoms with van der Waals surface area (Å²) in [5.74, 6) is 0.813. The summed E-state index contributed by atoms with van der Waals surface area (Å²) in [5.41, 5.74) is 2.00. The second-order valence-corrected chi connectivity index (χ2v) is 4.81. The molecule has 0 atom stereocenters. The van der Waals surface area contributed by atoms with E-state index in [2.05, 4.69) is 12.2 Å². The summed E-state index contributed by atoms with van der Waals surface area (Å²) in [6.07, 6.45) is 0.898.